The van der Waals surface area contributed by atoms with Crippen LogP contribution in [-0.2, 0) is 38.2 Å². The first kappa shape index (κ1) is 20.1. The van der Waals surface area contributed by atoms with Gasteiger partial charge in [-0.15, -0.1) is 0 Å². The number of rotatable bonds is 6. The van der Waals surface area contributed by atoms with Crippen molar-refractivity contribution in [2.75, 3.05) is 13.7 Å². The molecule has 152 valence electrons. The van der Waals surface area contributed by atoms with Gasteiger partial charge in [0.05, 0.1) is 13.0 Å². The predicted octanol–water partition coefficient (Wildman–Crippen LogP) is -0.0133. The molecule has 2 saturated carbocycles. The van der Waals surface area contributed by atoms with Gasteiger partial charge in [0.15, 0.2) is 0 Å². The van der Waals surface area contributed by atoms with Gasteiger partial charge in [-0.25, -0.2) is 0 Å². The quantitative estimate of drug-likeness (QED) is 0.485. The van der Waals surface area contributed by atoms with Crippen LogP contribution in [-0.4, -0.2) is 57.4 Å². The second-order valence-electron chi connectivity index (χ2n) is 8.01. The summed E-state index contributed by atoms with van der Waals surface area (Å²) in [6, 6.07) is 0. The van der Waals surface area contributed by atoms with Crippen LogP contribution < -0.4 is 5.32 Å². The lowest BCUT2D eigenvalue weighted by molar-refractivity contribution is -0.162. The minimum absolute atomic E-state index is 0.276. The molecule has 27 heavy (non-hydrogen) atoms. The molecule has 3 fully saturated rings. The molecule has 3 rings (SSSR count). The Hall–Kier alpha value is -1.68. The maximum absolute atomic E-state index is 12.3. The summed E-state index contributed by atoms with van der Waals surface area (Å²) in [6.07, 6.45) is -0.605. The Labute approximate surface area is 158 Å². The number of nitrogens with one attached hydrogen (secondary N) is 1. The van der Waals surface area contributed by atoms with Gasteiger partial charge in [0.1, 0.15) is 24.0 Å². The summed E-state index contributed by atoms with van der Waals surface area (Å²) in [6.45, 7) is 5.07. The van der Waals surface area contributed by atoms with Gasteiger partial charge in [-0.2, -0.15) is 8.42 Å². The first-order valence-corrected chi connectivity index (χ1v) is 10.5. The SMILES string of the molecule is CCC(C)(C)C(=O)NCC(=O)OC1C2CC3C1OS(=O)(=O)C3C2C(=O)OC. The fraction of sp³-hybridized carbons (Fsp3) is 0.824. The van der Waals surface area contributed by atoms with Crippen molar-refractivity contribution in [3.63, 3.8) is 0 Å². The molecular weight excluding hydrogens is 378 g/mol. The third kappa shape index (κ3) is 3.22. The molecule has 2 aliphatic carbocycles. The first-order chi connectivity index (χ1) is 12.5. The molecule has 1 saturated heterocycles. The average Bonchev–Trinajstić information content (AvgIpc) is 3.21. The van der Waals surface area contributed by atoms with Gasteiger partial charge in [0.25, 0.3) is 10.1 Å². The second kappa shape index (κ2) is 6.73. The zero-order valence-electron chi connectivity index (χ0n) is 15.8. The van der Waals surface area contributed by atoms with E-state index in [0.717, 1.165) is 0 Å². The summed E-state index contributed by atoms with van der Waals surface area (Å²) in [5, 5.41) is 1.59. The molecule has 0 radical (unpaired) electrons. The number of hydrogen-bond donors (Lipinski definition) is 1. The first-order valence-electron chi connectivity index (χ1n) is 9.01. The fourth-order valence-corrected chi connectivity index (χ4v) is 6.39. The van der Waals surface area contributed by atoms with Crippen LogP contribution in [0.5, 0.6) is 0 Å². The summed E-state index contributed by atoms with van der Waals surface area (Å²) >= 11 is 0. The van der Waals surface area contributed by atoms with Crippen molar-refractivity contribution in [3.8, 4) is 0 Å². The lowest BCUT2D eigenvalue weighted by Crippen LogP contribution is -2.47. The van der Waals surface area contributed by atoms with Crippen molar-refractivity contribution < 1.29 is 36.5 Å². The standard InChI is InChI=1S/C17H25NO8S/c1-5-17(2,3)16(21)18-7-10(19)25-12-8-6-9-13(12)26-27(22,23)14(9)11(8)15(20)24-4/h8-9,11-14H,5-7H2,1-4H3,(H,18,21). The molecule has 1 amide bonds. The summed E-state index contributed by atoms with van der Waals surface area (Å²) < 4.78 is 39.9. The Kier molecular flexibility index (Phi) is 5.00. The zero-order valence-corrected chi connectivity index (χ0v) is 16.6. The van der Waals surface area contributed by atoms with E-state index in [1.165, 1.54) is 7.11 Å². The van der Waals surface area contributed by atoms with Crippen LogP contribution in [0.15, 0.2) is 0 Å². The largest absolute Gasteiger partial charge is 0.469 e. The van der Waals surface area contributed by atoms with Crippen LogP contribution >= 0.6 is 0 Å². The van der Waals surface area contributed by atoms with Gasteiger partial charge in [0.2, 0.25) is 5.91 Å². The molecular formula is C17H25NO8S. The minimum atomic E-state index is -3.91. The van der Waals surface area contributed by atoms with Gasteiger partial charge >= 0.3 is 11.9 Å². The van der Waals surface area contributed by atoms with Crippen LogP contribution in [0, 0.1) is 23.2 Å². The molecule has 1 aliphatic heterocycles. The van der Waals surface area contributed by atoms with Gasteiger partial charge in [-0.05, 0) is 12.8 Å². The molecule has 0 aromatic heterocycles. The number of methoxy groups -OCH3 is 1. The number of fused-ring (bicyclic) bond motifs is 1. The predicted molar refractivity (Wildman–Crippen MR) is 91.6 cm³/mol. The third-order valence-corrected chi connectivity index (χ3v) is 7.96. The highest BCUT2D eigenvalue weighted by Gasteiger charge is 2.72. The third-order valence-electron chi connectivity index (χ3n) is 6.16. The fourth-order valence-electron chi connectivity index (χ4n) is 4.34. The highest BCUT2D eigenvalue weighted by Crippen LogP contribution is 2.58. The molecule has 6 atom stereocenters. The second-order valence-corrected chi connectivity index (χ2v) is 9.73. The molecule has 6 unspecified atom stereocenters. The molecule has 0 aromatic carbocycles. The summed E-state index contributed by atoms with van der Waals surface area (Å²) in [7, 11) is -2.72. The number of carbonyl (C=O) groups is 3. The summed E-state index contributed by atoms with van der Waals surface area (Å²) in [4.78, 5) is 36.4. The number of amides is 1. The van der Waals surface area contributed by atoms with Crippen LogP contribution in [0.2, 0.25) is 0 Å². The Morgan fingerprint density at radius 2 is 1.89 bits per heavy atom. The highest BCUT2D eigenvalue weighted by molar-refractivity contribution is 7.87. The van der Waals surface area contributed by atoms with E-state index < -0.39 is 62.7 Å². The van der Waals surface area contributed by atoms with E-state index in [1.54, 1.807) is 13.8 Å². The van der Waals surface area contributed by atoms with Gasteiger partial charge < -0.3 is 14.8 Å². The van der Waals surface area contributed by atoms with Crippen LogP contribution in [0.1, 0.15) is 33.6 Å². The average molecular weight is 403 g/mol. The van der Waals surface area contributed by atoms with E-state index in [1.807, 2.05) is 6.92 Å². The van der Waals surface area contributed by atoms with Crippen molar-refractivity contribution in [1.29, 1.82) is 0 Å². The lowest BCUT2D eigenvalue weighted by atomic mass is 9.84. The molecule has 9 nitrogen and oxygen atoms in total. The van der Waals surface area contributed by atoms with Crippen molar-refractivity contribution >= 4 is 28.0 Å². The highest BCUT2D eigenvalue weighted by atomic mass is 32.2. The van der Waals surface area contributed by atoms with E-state index >= 15 is 0 Å². The Bertz CT molecular complexity index is 761. The molecule has 0 spiro atoms. The molecule has 3 aliphatic rings. The Balaban J connectivity index is 1.69. The number of ether oxygens (including phenoxy) is 2. The Morgan fingerprint density at radius 1 is 1.22 bits per heavy atom. The van der Waals surface area contributed by atoms with Crippen molar-refractivity contribution in [2.45, 2.75) is 51.1 Å². The summed E-state index contributed by atoms with van der Waals surface area (Å²) in [5.41, 5.74) is -0.613. The molecule has 1 N–H and O–H groups in total. The minimum Gasteiger partial charge on any atom is -0.469 e. The summed E-state index contributed by atoms with van der Waals surface area (Å²) in [5.74, 6) is -3.38. The smallest absolute Gasteiger partial charge is 0.325 e. The van der Waals surface area contributed by atoms with Crippen molar-refractivity contribution in [1.82, 2.24) is 5.32 Å². The normalized spacial score (nSPS) is 35.7. The van der Waals surface area contributed by atoms with Crippen molar-refractivity contribution in [3.05, 3.63) is 0 Å². The number of esters is 2. The van der Waals surface area contributed by atoms with Gasteiger partial charge in [-0.1, -0.05) is 20.8 Å². The van der Waals surface area contributed by atoms with E-state index in [9.17, 15) is 22.8 Å². The monoisotopic (exact) mass is 403 g/mol. The number of carbonyl (C=O) groups excluding carboxylic acids is 3. The zero-order chi connectivity index (χ0) is 20.1. The van der Waals surface area contributed by atoms with Gasteiger partial charge in [0, 0.05) is 17.3 Å². The topological polar surface area (TPSA) is 125 Å². The van der Waals surface area contributed by atoms with E-state index in [-0.39, 0.29) is 12.5 Å². The van der Waals surface area contributed by atoms with Crippen molar-refractivity contribution in [2.24, 2.45) is 23.2 Å². The van der Waals surface area contributed by atoms with Crippen LogP contribution in [0.3, 0.4) is 0 Å². The lowest BCUT2D eigenvalue weighted by Gasteiger charge is -2.30. The molecule has 0 aromatic rings. The molecule has 1 heterocycles. The van der Waals surface area contributed by atoms with E-state index in [2.05, 4.69) is 5.32 Å². The van der Waals surface area contributed by atoms with E-state index in [0.29, 0.717) is 12.8 Å². The van der Waals surface area contributed by atoms with Crippen LogP contribution in [0.4, 0.5) is 0 Å². The maximum Gasteiger partial charge on any atom is 0.325 e. The van der Waals surface area contributed by atoms with Crippen LogP contribution in [0.25, 0.3) is 0 Å². The molecule has 2 bridgehead atoms. The Morgan fingerprint density at radius 3 is 2.48 bits per heavy atom. The molecule has 10 heteroatoms. The maximum atomic E-state index is 12.3. The van der Waals surface area contributed by atoms with Gasteiger partial charge in [-0.3, -0.25) is 18.6 Å². The number of hydrogen-bond acceptors (Lipinski definition) is 8. The van der Waals surface area contributed by atoms with E-state index in [4.69, 9.17) is 13.7 Å².